The van der Waals surface area contributed by atoms with E-state index in [1.165, 1.54) is 6.33 Å². The second-order valence-corrected chi connectivity index (χ2v) is 4.60. The fourth-order valence-electron chi connectivity index (χ4n) is 2.19. The van der Waals surface area contributed by atoms with Crippen molar-refractivity contribution >= 4 is 22.8 Å². The Bertz CT molecular complexity index is 766. The number of halogens is 1. The van der Waals surface area contributed by atoms with Crippen LogP contribution in [-0.4, -0.2) is 41.4 Å². The summed E-state index contributed by atoms with van der Waals surface area (Å²) in [6.45, 7) is 3.32. The predicted molar refractivity (Wildman–Crippen MR) is 76.2 cm³/mol. The molecule has 3 aromatic rings. The van der Waals surface area contributed by atoms with Gasteiger partial charge >= 0.3 is 0 Å². The molecule has 0 fully saturated rings. The summed E-state index contributed by atoms with van der Waals surface area (Å²) in [5.74, 6) is 2.21. The average molecular weight is 308 g/mol. The van der Waals surface area contributed by atoms with Gasteiger partial charge in [0.2, 0.25) is 5.88 Å². The minimum atomic E-state index is 0.264. The van der Waals surface area contributed by atoms with Gasteiger partial charge in [-0.2, -0.15) is 4.98 Å². The molecule has 0 spiro atoms. The van der Waals surface area contributed by atoms with Crippen molar-refractivity contribution in [2.75, 3.05) is 7.11 Å². The lowest BCUT2D eigenvalue weighted by atomic mass is 10.5. The fraction of sp³-hybridized carbons (Fsp3) is 0.417. The molecule has 0 aliphatic rings. The van der Waals surface area contributed by atoms with E-state index < -0.39 is 0 Å². The molecule has 0 N–H and O–H groups in total. The summed E-state index contributed by atoms with van der Waals surface area (Å²) < 4.78 is 9.08. The van der Waals surface area contributed by atoms with Crippen LogP contribution in [0.3, 0.4) is 0 Å². The van der Waals surface area contributed by atoms with Gasteiger partial charge in [-0.05, 0) is 6.92 Å². The molecule has 3 rings (SSSR count). The van der Waals surface area contributed by atoms with E-state index in [4.69, 9.17) is 16.3 Å². The van der Waals surface area contributed by atoms with Crippen LogP contribution >= 0.6 is 11.6 Å². The van der Waals surface area contributed by atoms with Gasteiger partial charge in [0.25, 0.3) is 0 Å². The monoisotopic (exact) mass is 307 g/mol. The molecule has 0 radical (unpaired) electrons. The maximum absolute atomic E-state index is 6.00. The molecule has 0 amide bonds. The van der Waals surface area contributed by atoms with Gasteiger partial charge in [-0.25, -0.2) is 9.97 Å². The molecule has 0 aliphatic carbocycles. The van der Waals surface area contributed by atoms with E-state index in [2.05, 4.69) is 25.1 Å². The zero-order valence-corrected chi connectivity index (χ0v) is 12.4. The van der Waals surface area contributed by atoms with Crippen LogP contribution in [0.25, 0.3) is 11.2 Å². The molecule has 0 aromatic carbocycles. The van der Waals surface area contributed by atoms with E-state index in [1.54, 1.807) is 13.4 Å². The molecule has 0 unspecified atom stereocenters. The number of alkyl halides is 1. The maximum Gasteiger partial charge on any atom is 0.245 e. The van der Waals surface area contributed by atoms with Crippen molar-refractivity contribution in [1.29, 1.82) is 0 Å². The fourth-order valence-corrected chi connectivity index (χ4v) is 2.39. The third-order valence-corrected chi connectivity index (χ3v) is 3.47. The second-order valence-electron chi connectivity index (χ2n) is 4.34. The standard InChI is InChI=1S/C12H14ClN7O/c1-3-19-7-16-18-9(19)5-20-8(4-13)17-10-11(20)14-6-15-12(10)21-2/h6-7H,3-5H2,1-2H3. The Labute approximate surface area is 125 Å². The lowest BCUT2D eigenvalue weighted by molar-refractivity contribution is 0.401. The molecular formula is C12H14ClN7O. The number of hydrogen-bond donors (Lipinski definition) is 0. The zero-order chi connectivity index (χ0) is 14.8. The molecule has 3 heterocycles. The highest BCUT2D eigenvalue weighted by atomic mass is 35.5. The Hall–Kier alpha value is -2.22. The summed E-state index contributed by atoms with van der Waals surface area (Å²) in [5.41, 5.74) is 1.27. The molecule has 0 bridgehead atoms. The number of aromatic nitrogens is 7. The third-order valence-electron chi connectivity index (χ3n) is 3.23. The number of fused-ring (bicyclic) bond motifs is 1. The van der Waals surface area contributed by atoms with Crippen molar-refractivity contribution in [2.24, 2.45) is 0 Å². The van der Waals surface area contributed by atoms with Crippen molar-refractivity contribution in [3.63, 3.8) is 0 Å². The molecule has 110 valence electrons. The van der Waals surface area contributed by atoms with Gasteiger partial charge < -0.3 is 13.9 Å². The summed E-state index contributed by atoms with van der Waals surface area (Å²) in [6, 6.07) is 0. The highest BCUT2D eigenvalue weighted by molar-refractivity contribution is 6.16. The lowest BCUT2D eigenvalue weighted by Crippen LogP contribution is -2.10. The molecule has 9 heteroatoms. The normalized spacial score (nSPS) is 11.2. The van der Waals surface area contributed by atoms with Crippen LogP contribution in [0.15, 0.2) is 12.7 Å². The summed E-state index contributed by atoms with van der Waals surface area (Å²) in [6.07, 6.45) is 3.15. The second kappa shape index (κ2) is 5.65. The van der Waals surface area contributed by atoms with Gasteiger partial charge in [0.05, 0.1) is 19.5 Å². The Balaban J connectivity index is 2.13. The summed E-state index contributed by atoms with van der Waals surface area (Å²) in [5, 5.41) is 8.06. The summed E-state index contributed by atoms with van der Waals surface area (Å²) in [7, 11) is 1.55. The van der Waals surface area contributed by atoms with Crippen LogP contribution in [0, 0.1) is 0 Å². The topological polar surface area (TPSA) is 83.5 Å². The van der Waals surface area contributed by atoms with E-state index in [0.29, 0.717) is 29.4 Å². The van der Waals surface area contributed by atoms with Gasteiger partial charge in [-0.3, -0.25) is 0 Å². The number of hydrogen-bond acceptors (Lipinski definition) is 6. The van der Waals surface area contributed by atoms with Gasteiger partial charge in [0.1, 0.15) is 18.5 Å². The number of rotatable bonds is 5. The summed E-state index contributed by atoms with van der Waals surface area (Å²) >= 11 is 6.00. The van der Waals surface area contributed by atoms with Gasteiger partial charge in [0, 0.05) is 6.54 Å². The van der Waals surface area contributed by atoms with E-state index in [1.807, 2.05) is 16.1 Å². The van der Waals surface area contributed by atoms with Crippen LogP contribution < -0.4 is 4.74 Å². The predicted octanol–water partition coefficient (Wildman–Crippen LogP) is 1.23. The highest BCUT2D eigenvalue weighted by Gasteiger charge is 2.17. The van der Waals surface area contributed by atoms with E-state index in [0.717, 1.165) is 12.4 Å². The molecule has 0 aliphatic heterocycles. The molecular weight excluding hydrogens is 294 g/mol. The first-order valence-electron chi connectivity index (χ1n) is 6.45. The van der Waals surface area contributed by atoms with E-state index >= 15 is 0 Å². The van der Waals surface area contributed by atoms with Crippen molar-refractivity contribution in [1.82, 2.24) is 34.3 Å². The first-order chi connectivity index (χ1) is 10.3. The number of nitrogens with zero attached hydrogens (tertiary/aromatic N) is 7. The molecule has 3 aromatic heterocycles. The molecule has 21 heavy (non-hydrogen) atoms. The third kappa shape index (κ3) is 2.31. The SMILES string of the molecule is CCn1cnnc1Cn1c(CCl)nc2c(OC)ncnc21. The molecule has 8 nitrogen and oxygen atoms in total. The first kappa shape index (κ1) is 13.7. The minimum Gasteiger partial charge on any atom is -0.479 e. The lowest BCUT2D eigenvalue weighted by Gasteiger charge is -2.07. The van der Waals surface area contributed by atoms with Gasteiger partial charge in [-0.1, -0.05) is 0 Å². The van der Waals surface area contributed by atoms with Crippen LogP contribution in [0.5, 0.6) is 5.88 Å². The first-order valence-corrected chi connectivity index (χ1v) is 6.98. The van der Waals surface area contributed by atoms with E-state index in [9.17, 15) is 0 Å². The minimum absolute atomic E-state index is 0.264. The number of aryl methyl sites for hydroxylation is 1. The van der Waals surface area contributed by atoms with Crippen LogP contribution in [0.1, 0.15) is 18.6 Å². The zero-order valence-electron chi connectivity index (χ0n) is 11.7. The maximum atomic E-state index is 6.00. The van der Waals surface area contributed by atoms with Crippen LogP contribution in [0.2, 0.25) is 0 Å². The quantitative estimate of drug-likeness (QED) is 0.659. The molecule has 0 saturated heterocycles. The number of ether oxygens (including phenoxy) is 1. The average Bonchev–Trinajstić information content (AvgIpc) is 3.11. The Morgan fingerprint density at radius 2 is 2.14 bits per heavy atom. The van der Waals surface area contributed by atoms with Crippen molar-refractivity contribution in [3.05, 3.63) is 24.3 Å². The molecule has 0 saturated carbocycles. The Morgan fingerprint density at radius 3 is 2.86 bits per heavy atom. The van der Waals surface area contributed by atoms with Crippen LogP contribution in [-0.2, 0) is 19.0 Å². The van der Waals surface area contributed by atoms with Crippen molar-refractivity contribution < 1.29 is 4.74 Å². The highest BCUT2D eigenvalue weighted by Crippen LogP contribution is 2.23. The van der Waals surface area contributed by atoms with Gasteiger partial charge in [0.15, 0.2) is 17.0 Å². The van der Waals surface area contributed by atoms with Gasteiger partial charge in [-0.15, -0.1) is 21.8 Å². The van der Waals surface area contributed by atoms with Crippen LogP contribution in [0.4, 0.5) is 0 Å². The van der Waals surface area contributed by atoms with Crippen molar-refractivity contribution in [3.8, 4) is 5.88 Å². The van der Waals surface area contributed by atoms with Crippen molar-refractivity contribution in [2.45, 2.75) is 25.9 Å². The Kier molecular flexibility index (Phi) is 3.70. The number of methoxy groups -OCH3 is 1. The smallest absolute Gasteiger partial charge is 0.245 e. The molecule has 0 atom stereocenters. The van der Waals surface area contributed by atoms with E-state index in [-0.39, 0.29) is 5.88 Å². The summed E-state index contributed by atoms with van der Waals surface area (Å²) in [4.78, 5) is 12.8. The Morgan fingerprint density at radius 1 is 1.29 bits per heavy atom. The number of imidazole rings is 1. The largest absolute Gasteiger partial charge is 0.479 e.